The quantitative estimate of drug-likeness (QED) is 0.425. The van der Waals surface area contributed by atoms with E-state index in [9.17, 15) is 18.0 Å². The molecule has 1 N–H and O–H groups in total. The molecular formula is C21H18BrF3N6O. The minimum Gasteiger partial charge on any atom is -0.322 e. The zero-order valence-corrected chi connectivity index (χ0v) is 18.7. The Morgan fingerprint density at radius 3 is 2.59 bits per heavy atom. The van der Waals surface area contributed by atoms with Crippen LogP contribution >= 0.6 is 15.9 Å². The summed E-state index contributed by atoms with van der Waals surface area (Å²) >= 11 is 3.39. The summed E-state index contributed by atoms with van der Waals surface area (Å²) < 4.78 is 44.2. The summed E-state index contributed by atoms with van der Waals surface area (Å²) in [6.07, 6.45) is -1.36. The number of carbonyl (C=O) groups is 1. The van der Waals surface area contributed by atoms with E-state index in [1.807, 2.05) is 24.3 Å². The standard InChI is InChI=1S/C21H18BrF3N6O/c1-12-7-17(21(23,24)25)19-13(2)29-31(20(19)27-12)11-18(32)28-16-8-26-30(10-16)9-14-3-5-15(22)6-4-14/h3-8,10H,9,11H2,1-2H3,(H,28,32). The number of aromatic nitrogens is 5. The number of anilines is 1. The first-order chi connectivity index (χ1) is 15.1. The number of aryl methyl sites for hydroxylation is 2. The van der Waals surface area contributed by atoms with Crippen molar-refractivity contribution in [3.8, 4) is 0 Å². The Morgan fingerprint density at radius 1 is 1.19 bits per heavy atom. The number of fused-ring (bicyclic) bond motifs is 1. The third-order valence-corrected chi connectivity index (χ3v) is 5.31. The van der Waals surface area contributed by atoms with E-state index in [4.69, 9.17) is 0 Å². The molecule has 0 aliphatic rings. The fraction of sp³-hybridized carbons (Fsp3) is 0.238. The predicted octanol–water partition coefficient (Wildman–Crippen LogP) is 4.71. The highest BCUT2D eigenvalue weighted by Gasteiger charge is 2.35. The molecule has 0 aliphatic carbocycles. The van der Waals surface area contributed by atoms with E-state index in [0.29, 0.717) is 12.2 Å². The highest BCUT2D eigenvalue weighted by atomic mass is 79.9. The molecule has 11 heteroatoms. The van der Waals surface area contributed by atoms with Crippen LogP contribution in [-0.2, 0) is 24.1 Å². The maximum atomic E-state index is 13.5. The van der Waals surface area contributed by atoms with Crippen LogP contribution in [0.5, 0.6) is 0 Å². The molecule has 0 saturated carbocycles. The summed E-state index contributed by atoms with van der Waals surface area (Å²) in [4.78, 5) is 16.7. The monoisotopic (exact) mass is 506 g/mol. The van der Waals surface area contributed by atoms with Gasteiger partial charge in [-0.3, -0.25) is 9.48 Å². The number of benzene rings is 1. The van der Waals surface area contributed by atoms with Gasteiger partial charge in [-0.05, 0) is 37.6 Å². The van der Waals surface area contributed by atoms with E-state index in [2.05, 4.69) is 36.4 Å². The maximum absolute atomic E-state index is 13.5. The third-order valence-electron chi connectivity index (χ3n) is 4.78. The first-order valence-corrected chi connectivity index (χ1v) is 10.4. The van der Waals surface area contributed by atoms with Crippen LogP contribution < -0.4 is 5.32 Å². The zero-order chi connectivity index (χ0) is 23.0. The van der Waals surface area contributed by atoms with Crippen LogP contribution in [0.3, 0.4) is 0 Å². The van der Waals surface area contributed by atoms with Crippen LogP contribution in [0.1, 0.15) is 22.5 Å². The van der Waals surface area contributed by atoms with Gasteiger partial charge in [0.15, 0.2) is 5.65 Å². The minimum absolute atomic E-state index is 0.0240. The first kappa shape index (κ1) is 22.0. The van der Waals surface area contributed by atoms with Crippen molar-refractivity contribution in [2.24, 2.45) is 0 Å². The molecule has 4 aromatic rings. The Hall–Kier alpha value is -3.21. The molecule has 32 heavy (non-hydrogen) atoms. The molecule has 166 valence electrons. The van der Waals surface area contributed by atoms with Crippen molar-refractivity contribution in [2.75, 3.05) is 5.32 Å². The van der Waals surface area contributed by atoms with Crippen molar-refractivity contribution in [1.29, 1.82) is 0 Å². The van der Waals surface area contributed by atoms with Crippen molar-refractivity contribution >= 4 is 38.6 Å². The number of carbonyl (C=O) groups excluding carboxylic acids is 1. The van der Waals surface area contributed by atoms with Gasteiger partial charge in [-0.25, -0.2) is 9.67 Å². The highest BCUT2D eigenvalue weighted by molar-refractivity contribution is 9.10. The van der Waals surface area contributed by atoms with Crippen molar-refractivity contribution < 1.29 is 18.0 Å². The number of halogens is 4. The molecule has 0 aliphatic heterocycles. The number of hydrogen-bond donors (Lipinski definition) is 1. The number of amides is 1. The van der Waals surface area contributed by atoms with Crippen LogP contribution in [0, 0.1) is 13.8 Å². The van der Waals surface area contributed by atoms with Gasteiger partial charge in [0.2, 0.25) is 5.91 Å². The van der Waals surface area contributed by atoms with Crippen molar-refractivity contribution in [3.05, 3.63) is 69.7 Å². The third kappa shape index (κ3) is 4.67. The van der Waals surface area contributed by atoms with Gasteiger partial charge in [0.25, 0.3) is 0 Å². The van der Waals surface area contributed by atoms with E-state index in [1.165, 1.54) is 24.7 Å². The second-order valence-corrected chi connectivity index (χ2v) is 8.27. The molecule has 0 fully saturated rings. The summed E-state index contributed by atoms with van der Waals surface area (Å²) in [6.45, 7) is 3.18. The van der Waals surface area contributed by atoms with Crippen molar-refractivity contribution in [3.63, 3.8) is 0 Å². The number of rotatable bonds is 5. The number of pyridine rings is 1. The van der Waals surface area contributed by atoms with Crippen LogP contribution in [0.25, 0.3) is 11.0 Å². The molecule has 1 aromatic carbocycles. The van der Waals surface area contributed by atoms with Gasteiger partial charge in [-0.2, -0.15) is 23.4 Å². The van der Waals surface area contributed by atoms with Gasteiger partial charge >= 0.3 is 6.18 Å². The predicted molar refractivity (Wildman–Crippen MR) is 116 cm³/mol. The Morgan fingerprint density at radius 2 is 1.91 bits per heavy atom. The number of hydrogen-bond acceptors (Lipinski definition) is 4. The molecule has 0 radical (unpaired) electrons. The van der Waals surface area contributed by atoms with E-state index in [0.717, 1.165) is 16.1 Å². The summed E-state index contributed by atoms with van der Waals surface area (Å²) in [5.74, 6) is -0.450. The van der Waals surface area contributed by atoms with E-state index >= 15 is 0 Å². The Balaban J connectivity index is 1.51. The average molecular weight is 507 g/mol. The molecule has 0 unspecified atom stereocenters. The lowest BCUT2D eigenvalue weighted by molar-refractivity contribution is -0.136. The van der Waals surface area contributed by atoms with E-state index < -0.39 is 17.6 Å². The second-order valence-electron chi connectivity index (χ2n) is 7.35. The fourth-order valence-electron chi connectivity index (χ4n) is 3.44. The van der Waals surface area contributed by atoms with Gasteiger partial charge < -0.3 is 5.32 Å². The normalized spacial score (nSPS) is 11.8. The van der Waals surface area contributed by atoms with Crippen LogP contribution in [0.4, 0.5) is 18.9 Å². The molecule has 4 rings (SSSR count). The molecule has 0 bridgehead atoms. The largest absolute Gasteiger partial charge is 0.417 e. The SMILES string of the molecule is Cc1cc(C(F)(F)F)c2c(C)nn(CC(=O)Nc3cnn(Cc4ccc(Br)cc4)c3)c2n1. The smallest absolute Gasteiger partial charge is 0.322 e. The van der Waals surface area contributed by atoms with Gasteiger partial charge in [0.05, 0.1) is 35.1 Å². The van der Waals surface area contributed by atoms with Crippen LogP contribution in [0.15, 0.2) is 47.2 Å². The van der Waals surface area contributed by atoms with Crippen molar-refractivity contribution in [1.82, 2.24) is 24.5 Å². The Kier molecular flexibility index (Phi) is 5.76. The first-order valence-electron chi connectivity index (χ1n) is 9.59. The Labute approximate surface area is 189 Å². The summed E-state index contributed by atoms with van der Waals surface area (Å²) in [5, 5.41) is 11.0. The lowest BCUT2D eigenvalue weighted by Crippen LogP contribution is -2.19. The van der Waals surface area contributed by atoms with Gasteiger partial charge in [-0.15, -0.1) is 0 Å². The molecular weight excluding hydrogens is 489 g/mol. The molecule has 0 saturated heterocycles. The van der Waals surface area contributed by atoms with Gasteiger partial charge in [-0.1, -0.05) is 28.1 Å². The molecule has 7 nitrogen and oxygen atoms in total. The second kappa shape index (κ2) is 8.38. The molecule has 3 aromatic heterocycles. The van der Waals surface area contributed by atoms with Crippen LogP contribution in [0.2, 0.25) is 0 Å². The number of nitrogens with one attached hydrogen (secondary N) is 1. The fourth-order valence-corrected chi connectivity index (χ4v) is 3.70. The highest BCUT2D eigenvalue weighted by Crippen LogP contribution is 2.36. The minimum atomic E-state index is -4.55. The average Bonchev–Trinajstić information content (AvgIpc) is 3.26. The summed E-state index contributed by atoms with van der Waals surface area (Å²) in [6, 6.07) is 8.76. The molecule has 3 heterocycles. The van der Waals surface area contributed by atoms with E-state index in [-0.39, 0.29) is 29.0 Å². The van der Waals surface area contributed by atoms with Crippen molar-refractivity contribution in [2.45, 2.75) is 33.1 Å². The summed E-state index contributed by atoms with van der Waals surface area (Å²) in [5.41, 5.74) is 1.08. The summed E-state index contributed by atoms with van der Waals surface area (Å²) in [7, 11) is 0. The lowest BCUT2D eigenvalue weighted by atomic mass is 10.1. The Bertz CT molecular complexity index is 1290. The zero-order valence-electron chi connectivity index (χ0n) is 17.1. The lowest BCUT2D eigenvalue weighted by Gasteiger charge is -2.10. The maximum Gasteiger partial charge on any atom is 0.417 e. The van der Waals surface area contributed by atoms with Gasteiger partial charge in [0.1, 0.15) is 6.54 Å². The topological polar surface area (TPSA) is 77.6 Å². The number of nitrogens with zero attached hydrogens (tertiary/aromatic N) is 5. The number of alkyl halides is 3. The van der Waals surface area contributed by atoms with Crippen LogP contribution in [-0.4, -0.2) is 30.5 Å². The van der Waals surface area contributed by atoms with Gasteiger partial charge in [0, 0.05) is 16.4 Å². The molecule has 0 atom stereocenters. The van der Waals surface area contributed by atoms with E-state index in [1.54, 1.807) is 10.9 Å². The molecule has 0 spiro atoms. The molecule has 1 amide bonds.